The van der Waals surface area contributed by atoms with E-state index in [2.05, 4.69) is 20.4 Å². The van der Waals surface area contributed by atoms with Gasteiger partial charge >= 0.3 is 0 Å². The Morgan fingerprint density at radius 2 is 2.04 bits per heavy atom. The van der Waals surface area contributed by atoms with E-state index in [0.29, 0.717) is 24.4 Å². The van der Waals surface area contributed by atoms with Gasteiger partial charge in [0.1, 0.15) is 0 Å². The van der Waals surface area contributed by atoms with E-state index in [1.807, 2.05) is 45.0 Å². The number of hydrogen-bond donors (Lipinski definition) is 2. The SMILES string of the molecule is Cc1cccc(NC(=O)CCc2c(C)nc3nc(CN)nn3c2C)c1. The predicted molar refractivity (Wildman–Crippen MR) is 96.3 cm³/mol. The van der Waals surface area contributed by atoms with Gasteiger partial charge in [-0.2, -0.15) is 4.98 Å². The van der Waals surface area contributed by atoms with E-state index < -0.39 is 0 Å². The average Bonchev–Trinajstić information content (AvgIpc) is 2.98. The molecule has 0 saturated carbocycles. The van der Waals surface area contributed by atoms with Crippen LogP contribution < -0.4 is 11.1 Å². The molecule has 3 rings (SSSR count). The second-order valence-electron chi connectivity index (χ2n) is 6.12. The Bertz CT molecular complexity index is 931. The number of aryl methyl sites for hydroxylation is 3. The maximum Gasteiger partial charge on any atom is 0.252 e. The number of nitrogens with zero attached hydrogens (tertiary/aromatic N) is 4. The molecule has 2 heterocycles. The molecule has 7 nitrogen and oxygen atoms in total. The maximum absolute atomic E-state index is 12.3. The van der Waals surface area contributed by atoms with Crippen molar-refractivity contribution in [1.29, 1.82) is 0 Å². The highest BCUT2D eigenvalue weighted by Gasteiger charge is 2.14. The molecule has 0 bridgehead atoms. The van der Waals surface area contributed by atoms with E-state index in [1.54, 1.807) is 4.52 Å². The van der Waals surface area contributed by atoms with Gasteiger partial charge < -0.3 is 11.1 Å². The summed E-state index contributed by atoms with van der Waals surface area (Å²) in [5, 5.41) is 7.29. The van der Waals surface area contributed by atoms with Crippen molar-refractivity contribution in [3.8, 4) is 0 Å². The van der Waals surface area contributed by atoms with Crippen LogP contribution in [0.2, 0.25) is 0 Å². The Hall–Kier alpha value is -2.80. The minimum atomic E-state index is -0.0225. The standard InChI is InChI=1S/C18H22N6O/c1-11-5-4-6-14(9-11)21-17(25)8-7-15-12(2)20-18-22-16(10-19)23-24(18)13(15)3/h4-6,9H,7-8,10,19H2,1-3H3,(H,21,25). The van der Waals surface area contributed by atoms with Crippen LogP contribution in [0.1, 0.15) is 34.8 Å². The molecule has 0 fully saturated rings. The van der Waals surface area contributed by atoms with Crippen LogP contribution in [0, 0.1) is 20.8 Å². The first-order valence-electron chi connectivity index (χ1n) is 8.26. The molecule has 0 spiro atoms. The van der Waals surface area contributed by atoms with Crippen molar-refractivity contribution in [3.05, 3.63) is 52.6 Å². The number of aromatic nitrogens is 4. The van der Waals surface area contributed by atoms with Crippen molar-refractivity contribution >= 4 is 17.4 Å². The number of fused-ring (bicyclic) bond motifs is 1. The molecule has 2 aromatic heterocycles. The third kappa shape index (κ3) is 3.66. The lowest BCUT2D eigenvalue weighted by Gasteiger charge is -2.10. The molecule has 0 aliphatic rings. The first-order chi connectivity index (χ1) is 12.0. The Balaban J connectivity index is 1.75. The van der Waals surface area contributed by atoms with Gasteiger partial charge in [-0.1, -0.05) is 12.1 Å². The third-order valence-corrected chi connectivity index (χ3v) is 4.18. The fourth-order valence-electron chi connectivity index (χ4n) is 2.88. The second kappa shape index (κ2) is 6.98. The van der Waals surface area contributed by atoms with Gasteiger partial charge in [0, 0.05) is 23.5 Å². The molecule has 1 amide bonds. The molecule has 0 unspecified atom stereocenters. The fourth-order valence-corrected chi connectivity index (χ4v) is 2.88. The van der Waals surface area contributed by atoms with E-state index >= 15 is 0 Å². The summed E-state index contributed by atoms with van der Waals surface area (Å²) in [7, 11) is 0. The maximum atomic E-state index is 12.3. The zero-order chi connectivity index (χ0) is 18.0. The van der Waals surface area contributed by atoms with Crippen LogP contribution in [0.4, 0.5) is 5.69 Å². The molecular formula is C18H22N6O. The highest BCUT2D eigenvalue weighted by Crippen LogP contribution is 2.16. The number of carbonyl (C=O) groups is 1. The average molecular weight is 338 g/mol. The van der Waals surface area contributed by atoms with Crippen LogP contribution in [0.25, 0.3) is 5.78 Å². The minimum Gasteiger partial charge on any atom is -0.326 e. The number of benzene rings is 1. The molecule has 1 aromatic carbocycles. The molecule has 7 heteroatoms. The van der Waals surface area contributed by atoms with Crippen LogP contribution in [-0.2, 0) is 17.8 Å². The van der Waals surface area contributed by atoms with Crippen molar-refractivity contribution in [2.45, 2.75) is 40.2 Å². The number of carbonyl (C=O) groups excluding carboxylic acids is 1. The zero-order valence-corrected chi connectivity index (χ0v) is 14.7. The first kappa shape index (κ1) is 17.0. The van der Waals surface area contributed by atoms with Crippen molar-refractivity contribution < 1.29 is 4.79 Å². The van der Waals surface area contributed by atoms with Crippen LogP contribution in [-0.4, -0.2) is 25.5 Å². The lowest BCUT2D eigenvalue weighted by Crippen LogP contribution is -2.14. The Morgan fingerprint density at radius 1 is 1.24 bits per heavy atom. The molecule has 3 aromatic rings. The van der Waals surface area contributed by atoms with Gasteiger partial charge in [0.25, 0.3) is 5.78 Å². The van der Waals surface area contributed by atoms with Crippen molar-refractivity contribution in [1.82, 2.24) is 19.6 Å². The van der Waals surface area contributed by atoms with Gasteiger partial charge in [0.05, 0.1) is 6.54 Å². The predicted octanol–water partition coefficient (Wildman–Crippen LogP) is 2.08. The van der Waals surface area contributed by atoms with Gasteiger partial charge in [-0.3, -0.25) is 4.79 Å². The van der Waals surface area contributed by atoms with E-state index in [0.717, 1.165) is 28.2 Å². The Kier molecular flexibility index (Phi) is 4.76. The molecule has 25 heavy (non-hydrogen) atoms. The lowest BCUT2D eigenvalue weighted by atomic mass is 10.1. The summed E-state index contributed by atoms with van der Waals surface area (Å²) >= 11 is 0. The molecule has 0 radical (unpaired) electrons. The molecule has 0 aliphatic carbocycles. The zero-order valence-electron chi connectivity index (χ0n) is 14.7. The molecular weight excluding hydrogens is 316 g/mol. The van der Waals surface area contributed by atoms with Gasteiger partial charge in [0.2, 0.25) is 5.91 Å². The summed E-state index contributed by atoms with van der Waals surface area (Å²) < 4.78 is 1.70. The quantitative estimate of drug-likeness (QED) is 0.742. The minimum absolute atomic E-state index is 0.0225. The van der Waals surface area contributed by atoms with E-state index in [4.69, 9.17) is 5.73 Å². The molecule has 130 valence electrons. The summed E-state index contributed by atoms with van der Waals surface area (Å²) in [4.78, 5) is 21.0. The van der Waals surface area contributed by atoms with Gasteiger partial charge in [-0.25, -0.2) is 9.50 Å². The number of rotatable bonds is 5. The van der Waals surface area contributed by atoms with E-state index in [-0.39, 0.29) is 12.5 Å². The molecule has 0 saturated heterocycles. The van der Waals surface area contributed by atoms with Gasteiger partial charge in [-0.15, -0.1) is 5.10 Å². The summed E-state index contributed by atoms with van der Waals surface area (Å²) in [6, 6.07) is 7.76. The van der Waals surface area contributed by atoms with Crippen LogP contribution >= 0.6 is 0 Å². The summed E-state index contributed by atoms with van der Waals surface area (Å²) in [6.45, 7) is 6.16. The summed E-state index contributed by atoms with van der Waals surface area (Å²) in [6.07, 6.45) is 0.970. The van der Waals surface area contributed by atoms with Crippen molar-refractivity contribution in [2.75, 3.05) is 5.32 Å². The van der Waals surface area contributed by atoms with Crippen LogP contribution in [0.15, 0.2) is 24.3 Å². The smallest absolute Gasteiger partial charge is 0.252 e. The van der Waals surface area contributed by atoms with Crippen molar-refractivity contribution in [3.63, 3.8) is 0 Å². The molecule has 0 atom stereocenters. The second-order valence-corrected chi connectivity index (χ2v) is 6.12. The first-order valence-corrected chi connectivity index (χ1v) is 8.26. The third-order valence-electron chi connectivity index (χ3n) is 4.18. The molecule has 0 aliphatic heterocycles. The van der Waals surface area contributed by atoms with E-state index in [9.17, 15) is 4.79 Å². The number of nitrogens with two attached hydrogens (primary N) is 1. The Labute approximate surface area is 146 Å². The summed E-state index contributed by atoms with van der Waals surface area (Å²) in [5.41, 5.74) is 10.4. The summed E-state index contributed by atoms with van der Waals surface area (Å²) in [5.74, 6) is 1.08. The lowest BCUT2D eigenvalue weighted by molar-refractivity contribution is -0.116. The largest absolute Gasteiger partial charge is 0.326 e. The van der Waals surface area contributed by atoms with Crippen molar-refractivity contribution in [2.24, 2.45) is 5.73 Å². The topological polar surface area (TPSA) is 98.2 Å². The number of anilines is 1. The molecule has 3 N–H and O–H groups in total. The fraction of sp³-hybridized carbons (Fsp3) is 0.333. The number of nitrogens with one attached hydrogen (secondary N) is 1. The number of amides is 1. The van der Waals surface area contributed by atoms with Gasteiger partial charge in [-0.05, 0) is 50.5 Å². The Morgan fingerprint density at radius 3 is 2.76 bits per heavy atom. The number of hydrogen-bond acceptors (Lipinski definition) is 5. The highest BCUT2D eigenvalue weighted by atomic mass is 16.1. The van der Waals surface area contributed by atoms with Gasteiger partial charge in [0.15, 0.2) is 5.82 Å². The monoisotopic (exact) mass is 338 g/mol. The highest BCUT2D eigenvalue weighted by molar-refractivity contribution is 5.90. The van der Waals surface area contributed by atoms with E-state index in [1.165, 1.54) is 0 Å². The van der Waals surface area contributed by atoms with Crippen LogP contribution in [0.5, 0.6) is 0 Å². The van der Waals surface area contributed by atoms with Crippen LogP contribution in [0.3, 0.4) is 0 Å². The normalized spacial score (nSPS) is 11.0.